The Morgan fingerprint density at radius 2 is 2.33 bits per heavy atom. The molecule has 1 aromatic carbocycles. The molecule has 18 heavy (non-hydrogen) atoms. The van der Waals surface area contributed by atoms with Crippen LogP contribution in [0.3, 0.4) is 0 Å². The fourth-order valence-electron chi connectivity index (χ4n) is 1.59. The number of aromatic nitrogens is 3. The van der Waals surface area contributed by atoms with Crippen LogP contribution >= 0.6 is 11.8 Å². The lowest BCUT2D eigenvalue weighted by Crippen LogP contribution is -2.16. The fraction of sp³-hybridized carbons (Fsp3) is 0.250. The lowest BCUT2D eigenvalue weighted by molar-refractivity contribution is 0.660. The zero-order valence-corrected chi connectivity index (χ0v) is 10.9. The first kappa shape index (κ1) is 12.5. The van der Waals surface area contributed by atoms with E-state index in [9.17, 15) is 4.79 Å². The van der Waals surface area contributed by atoms with E-state index >= 15 is 0 Å². The van der Waals surface area contributed by atoms with Crippen molar-refractivity contribution in [3.05, 3.63) is 39.8 Å². The number of hydrogen-bond acceptors (Lipinski definition) is 4. The molecule has 0 spiro atoms. The van der Waals surface area contributed by atoms with E-state index in [4.69, 9.17) is 5.26 Å². The quantitative estimate of drug-likeness (QED) is 0.915. The third kappa shape index (κ3) is 2.31. The Balaban J connectivity index is 2.35. The van der Waals surface area contributed by atoms with Gasteiger partial charge in [0.15, 0.2) is 5.16 Å². The maximum atomic E-state index is 11.4. The van der Waals surface area contributed by atoms with E-state index in [1.165, 1.54) is 11.8 Å². The van der Waals surface area contributed by atoms with E-state index in [1.807, 2.05) is 26.0 Å². The van der Waals surface area contributed by atoms with Crippen LogP contribution < -0.4 is 5.69 Å². The minimum Gasteiger partial charge on any atom is -0.270 e. The molecule has 1 N–H and O–H groups in total. The zero-order chi connectivity index (χ0) is 13.1. The van der Waals surface area contributed by atoms with Gasteiger partial charge in [-0.15, -0.1) is 5.10 Å². The number of H-pyrrole nitrogens is 1. The van der Waals surface area contributed by atoms with Gasteiger partial charge in [0.2, 0.25) is 0 Å². The van der Waals surface area contributed by atoms with Crippen molar-refractivity contribution in [3.8, 4) is 6.07 Å². The molecule has 0 bridgehead atoms. The topological polar surface area (TPSA) is 74.5 Å². The van der Waals surface area contributed by atoms with Crippen LogP contribution in [0.4, 0.5) is 0 Å². The van der Waals surface area contributed by atoms with Crippen LogP contribution in [0, 0.1) is 18.3 Å². The summed E-state index contributed by atoms with van der Waals surface area (Å²) in [4.78, 5) is 12.4. The van der Waals surface area contributed by atoms with Crippen LogP contribution in [-0.2, 0) is 6.54 Å². The van der Waals surface area contributed by atoms with Gasteiger partial charge in [-0.3, -0.25) is 4.57 Å². The Kier molecular flexibility index (Phi) is 3.53. The van der Waals surface area contributed by atoms with Crippen molar-refractivity contribution in [1.29, 1.82) is 5.26 Å². The van der Waals surface area contributed by atoms with Gasteiger partial charge in [0.05, 0.1) is 11.6 Å². The average Bonchev–Trinajstić information content (AvgIpc) is 2.72. The summed E-state index contributed by atoms with van der Waals surface area (Å²) in [5.74, 6) is 0. The van der Waals surface area contributed by atoms with Crippen molar-refractivity contribution in [3.63, 3.8) is 0 Å². The predicted molar refractivity (Wildman–Crippen MR) is 68.5 cm³/mol. The van der Waals surface area contributed by atoms with Gasteiger partial charge in [0, 0.05) is 11.4 Å². The second kappa shape index (κ2) is 5.10. The first-order valence-corrected chi connectivity index (χ1v) is 6.31. The lowest BCUT2D eigenvalue weighted by atomic mass is 10.2. The van der Waals surface area contributed by atoms with Crippen molar-refractivity contribution in [2.45, 2.75) is 30.4 Å². The molecule has 0 aliphatic heterocycles. The molecule has 0 unspecified atom stereocenters. The summed E-state index contributed by atoms with van der Waals surface area (Å²) >= 11 is 1.42. The van der Waals surface area contributed by atoms with Crippen molar-refractivity contribution < 1.29 is 0 Å². The van der Waals surface area contributed by atoms with Crippen LogP contribution in [0.25, 0.3) is 0 Å². The van der Waals surface area contributed by atoms with Crippen LogP contribution in [0.1, 0.15) is 18.1 Å². The second-order valence-corrected chi connectivity index (χ2v) is 4.76. The fourth-order valence-corrected chi connectivity index (χ4v) is 2.56. The Labute approximate surface area is 108 Å². The molecular formula is C12H12N4OS. The Bertz CT molecular complexity index is 665. The van der Waals surface area contributed by atoms with Crippen molar-refractivity contribution in [2.24, 2.45) is 0 Å². The highest BCUT2D eigenvalue weighted by atomic mass is 32.2. The van der Waals surface area contributed by atoms with Crippen LogP contribution in [0.2, 0.25) is 0 Å². The van der Waals surface area contributed by atoms with Gasteiger partial charge in [-0.1, -0.05) is 0 Å². The number of aromatic amines is 1. The van der Waals surface area contributed by atoms with E-state index < -0.39 is 0 Å². The van der Waals surface area contributed by atoms with E-state index in [1.54, 1.807) is 10.6 Å². The Morgan fingerprint density at radius 3 is 2.94 bits per heavy atom. The third-order valence-corrected chi connectivity index (χ3v) is 3.72. The highest BCUT2D eigenvalue weighted by Crippen LogP contribution is 2.28. The predicted octanol–water partition coefficient (Wildman–Crippen LogP) is 1.92. The molecule has 2 rings (SSSR count). The molecule has 0 aliphatic rings. The summed E-state index contributed by atoms with van der Waals surface area (Å²) < 4.78 is 1.57. The van der Waals surface area contributed by atoms with E-state index in [-0.39, 0.29) is 5.69 Å². The number of rotatable bonds is 3. The molecule has 1 heterocycles. The summed E-state index contributed by atoms with van der Waals surface area (Å²) in [6, 6.07) is 7.56. The largest absolute Gasteiger partial charge is 0.343 e. The molecule has 0 amide bonds. The summed E-state index contributed by atoms with van der Waals surface area (Å²) in [6.45, 7) is 4.41. The minimum absolute atomic E-state index is 0.203. The van der Waals surface area contributed by atoms with Crippen molar-refractivity contribution in [2.75, 3.05) is 0 Å². The minimum atomic E-state index is -0.203. The van der Waals surface area contributed by atoms with E-state index in [0.717, 1.165) is 10.5 Å². The Hall–Kier alpha value is -2.00. The average molecular weight is 260 g/mol. The molecule has 0 fully saturated rings. The molecule has 0 aliphatic carbocycles. The summed E-state index contributed by atoms with van der Waals surface area (Å²) in [7, 11) is 0. The number of benzene rings is 1. The molecule has 1 aromatic heterocycles. The van der Waals surface area contributed by atoms with Crippen molar-refractivity contribution >= 4 is 11.8 Å². The van der Waals surface area contributed by atoms with Gasteiger partial charge < -0.3 is 0 Å². The number of nitriles is 1. The maximum Gasteiger partial charge on any atom is 0.343 e. The lowest BCUT2D eigenvalue weighted by Gasteiger charge is -2.05. The molecule has 0 atom stereocenters. The van der Waals surface area contributed by atoms with Gasteiger partial charge in [0.25, 0.3) is 0 Å². The number of aryl methyl sites for hydroxylation is 1. The molecule has 2 aromatic rings. The summed E-state index contributed by atoms with van der Waals surface area (Å²) in [5, 5.41) is 15.9. The standard InChI is InChI=1S/C12H12N4OS/c1-3-16-11(17)14-15-12(16)18-10-5-4-9(7-13)6-8(10)2/h4-6H,3H2,1-2H3,(H,14,17). The second-order valence-electron chi connectivity index (χ2n) is 3.75. The monoisotopic (exact) mass is 260 g/mol. The maximum absolute atomic E-state index is 11.4. The Morgan fingerprint density at radius 1 is 1.56 bits per heavy atom. The van der Waals surface area contributed by atoms with E-state index in [0.29, 0.717) is 17.3 Å². The molecule has 5 nitrogen and oxygen atoms in total. The van der Waals surface area contributed by atoms with E-state index in [2.05, 4.69) is 16.3 Å². The summed E-state index contributed by atoms with van der Waals surface area (Å²) in [6.07, 6.45) is 0. The smallest absolute Gasteiger partial charge is 0.270 e. The molecule has 6 heteroatoms. The third-order valence-electron chi connectivity index (χ3n) is 2.54. The molecule has 0 saturated heterocycles. The normalized spacial score (nSPS) is 10.3. The first-order chi connectivity index (χ1) is 8.65. The van der Waals surface area contributed by atoms with Crippen molar-refractivity contribution in [1.82, 2.24) is 14.8 Å². The van der Waals surface area contributed by atoms with Crippen LogP contribution in [0.5, 0.6) is 0 Å². The van der Waals surface area contributed by atoms with Crippen LogP contribution in [-0.4, -0.2) is 14.8 Å². The molecule has 0 saturated carbocycles. The van der Waals surface area contributed by atoms with Gasteiger partial charge in [-0.05, 0) is 49.4 Å². The van der Waals surface area contributed by atoms with Gasteiger partial charge in [-0.25, -0.2) is 9.89 Å². The molecule has 92 valence electrons. The van der Waals surface area contributed by atoms with Gasteiger partial charge >= 0.3 is 5.69 Å². The SMILES string of the molecule is CCn1c(Sc2ccc(C#N)cc2C)n[nH]c1=O. The first-order valence-electron chi connectivity index (χ1n) is 5.49. The summed E-state index contributed by atoms with van der Waals surface area (Å²) in [5.41, 5.74) is 1.43. The molecule has 0 radical (unpaired) electrons. The van der Waals surface area contributed by atoms with Gasteiger partial charge in [0.1, 0.15) is 0 Å². The zero-order valence-electron chi connectivity index (χ0n) is 10.1. The molecular weight excluding hydrogens is 248 g/mol. The highest BCUT2D eigenvalue weighted by molar-refractivity contribution is 7.99. The highest BCUT2D eigenvalue weighted by Gasteiger charge is 2.10. The number of nitrogens with zero attached hydrogens (tertiary/aromatic N) is 3. The number of nitrogens with one attached hydrogen (secondary N) is 1. The van der Waals surface area contributed by atoms with Gasteiger partial charge in [-0.2, -0.15) is 5.26 Å². The number of hydrogen-bond donors (Lipinski definition) is 1. The van der Waals surface area contributed by atoms with Crippen LogP contribution in [0.15, 0.2) is 33.0 Å².